The van der Waals surface area contributed by atoms with E-state index in [-0.39, 0.29) is 35.9 Å². The van der Waals surface area contributed by atoms with E-state index in [1.165, 1.54) is 15.9 Å². The third kappa shape index (κ3) is 9.25. The second-order valence-corrected chi connectivity index (χ2v) is 17.3. The number of aryl methyl sites for hydroxylation is 2. The summed E-state index contributed by atoms with van der Waals surface area (Å²) in [5.74, 6) is 5.75. The van der Waals surface area contributed by atoms with Gasteiger partial charge in [-0.3, -0.25) is 33.6 Å². The largest absolute Gasteiger partial charge is 0.381 e. The molecule has 0 aliphatic carbocycles. The van der Waals surface area contributed by atoms with Gasteiger partial charge in [0, 0.05) is 72.0 Å². The molecule has 0 spiro atoms. The van der Waals surface area contributed by atoms with Crippen molar-refractivity contribution < 1.29 is 19.2 Å². The van der Waals surface area contributed by atoms with Gasteiger partial charge in [-0.2, -0.15) is 0 Å². The molecule has 2 aliphatic heterocycles. The molecule has 61 heavy (non-hydrogen) atoms. The number of anilines is 1. The average molecular weight is 838 g/mol. The van der Waals surface area contributed by atoms with Gasteiger partial charge in [0.25, 0.3) is 5.91 Å². The molecule has 8 rings (SSSR count). The first-order valence-electron chi connectivity index (χ1n) is 21.4. The standard InChI is InChI=1S/C48H51N7O5S/c1-30-29-50-44-43-34-19-20-35(52-36(34)21-24-40(43)61-45(44)47(59)51-30)33-16-12-15-31(27-33)14-10-11-26-49-41(56)17-9-7-5-3-4-6-8-13-32-18-22-37-39(28-32)54(2)48(60)55(37)38-23-25-42(57)53-46(38)58/h12,15-16,18-22,24,27-28,30,38,50H,3-9,11,13,17,23,25-26,29H2,1-2H3,(H,49,56)(H,51,59)(H,53,57,58)/t30-,38?/m1/s1. The van der Waals surface area contributed by atoms with Crippen LogP contribution in [0.3, 0.4) is 0 Å². The number of amides is 4. The Balaban J connectivity index is 0.724. The van der Waals surface area contributed by atoms with E-state index in [1.54, 1.807) is 11.6 Å². The summed E-state index contributed by atoms with van der Waals surface area (Å²) in [7, 11) is 1.72. The molecule has 2 atom stereocenters. The summed E-state index contributed by atoms with van der Waals surface area (Å²) < 4.78 is 4.16. The van der Waals surface area contributed by atoms with Crippen LogP contribution in [0.15, 0.2) is 71.5 Å². The van der Waals surface area contributed by atoms with E-state index in [1.807, 2.05) is 67.6 Å². The Bertz CT molecular complexity index is 2790. The summed E-state index contributed by atoms with van der Waals surface area (Å²) >= 11 is 1.51. The number of hydrogen-bond acceptors (Lipinski definition) is 8. The number of carbonyl (C=O) groups excluding carboxylic acids is 4. The number of pyridine rings is 1. The Morgan fingerprint density at radius 2 is 1.75 bits per heavy atom. The molecular formula is C48H51N7O5S. The molecule has 12 nitrogen and oxygen atoms in total. The van der Waals surface area contributed by atoms with Crippen molar-refractivity contribution in [3.8, 4) is 23.1 Å². The molecule has 0 bridgehead atoms. The number of unbranched alkanes of at least 4 members (excludes halogenated alkanes) is 6. The molecule has 1 saturated heterocycles. The second kappa shape index (κ2) is 18.6. The second-order valence-electron chi connectivity index (χ2n) is 16.2. The molecule has 3 aromatic heterocycles. The van der Waals surface area contributed by atoms with Crippen LogP contribution in [0.25, 0.3) is 43.3 Å². The van der Waals surface area contributed by atoms with Gasteiger partial charge in [0.2, 0.25) is 17.7 Å². The van der Waals surface area contributed by atoms with Crippen LogP contribution in [-0.4, -0.2) is 56.9 Å². The number of benzene rings is 3. The first kappa shape index (κ1) is 41.5. The minimum atomic E-state index is -0.676. The van der Waals surface area contributed by atoms with Crippen LogP contribution in [-0.2, 0) is 27.9 Å². The smallest absolute Gasteiger partial charge is 0.329 e. The van der Waals surface area contributed by atoms with Gasteiger partial charge in [0.1, 0.15) is 10.9 Å². The SMILES string of the molecule is C[C@@H]1CNc2c(sc3ccc4nc(-c5cccc(C#CCCNC(=O)CCCCCCCCCc6ccc7c(c6)n(C)c(=O)n7C6CCC(=O)NC6=O)c5)ccc4c23)C(=O)N1. The van der Waals surface area contributed by atoms with Crippen LogP contribution in [0, 0.1) is 11.8 Å². The fourth-order valence-corrected chi connectivity index (χ4v) is 9.55. The van der Waals surface area contributed by atoms with Gasteiger partial charge < -0.3 is 16.0 Å². The van der Waals surface area contributed by atoms with E-state index in [0.717, 1.165) is 106 Å². The predicted molar refractivity (Wildman–Crippen MR) is 242 cm³/mol. The van der Waals surface area contributed by atoms with Gasteiger partial charge in [0.15, 0.2) is 0 Å². The highest BCUT2D eigenvalue weighted by molar-refractivity contribution is 7.21. The number of rotatable bonds is 14. The zero-order valence-corrected chi connectivity index (χ0v) is 35.5. The molecule has 5 heterocycles. The molecular weight excluding hydrogens is 787 g/mol. The van der Waals surface area contributed by atoms with Crippen LogP contribution in [0.4, 0.5) is 5.69 Å². The summed E-state index contributed by atoms with van der Waals surface area (Å²) in [6.07, 6.45) is 9.99. The minimum Gasteiger partial charge on any atom is -0.381 e. The van der Waals surface area contributed by atoms with Gasteiger partial charge in [-0.1, -0.05) is 62.1 Å². The van der Waals surface area contributed by atoms with Crippen molar-refractivity contribution >= 4 is 72.7 Å². The zero-order chi connectivity index (χ0) is 42.5. The maximum absolute atomic E-state index is 13.0. The molecule has 1 unspecified atom stereocenters. The number of carbonyl (C=O) groups is 4. The lowest BCUT2D eigenvalue weighted by Gasteiger charge is -2.21. The molecule has 314 valence electrons. The lowest BCUT2D eigenvalue weighted by molar-refractivity contribution is -0.135. The Kier molecular flexibility index (Phi) is 12.6. The molecule has 4 N–H and O–H groups in total. The normalized spacial score (nSPS) is 16.4. The number of nitrogens with zero attached hydrogens (tertiary/aromatic N) is 3. The first-order chi connectivity index (χ1) is 29.6. The summed E-state index contributed by atoms with van der Waals surface area (Å²) in [4.78, 5) is 68.1. The number of nitrogens with one attached hydrogen (secondary N) is 4. The van der Waals surface area contributed by atoms with Crippen LogP contribution in [0.2, 0.25) is 0 Å². The third-order valence-corrected chi connectivity index (χ3v) is 12.9. The molecule has 0 saturated carbocycles. The van der Waals surface area contributed by atoms with E-state index >= 15 is 0 Å². The van der Waals surface area contributed by atoms with Crippen LogP contribution >= 0.6 is 11.3 Å². The molecule has 13 heteroatoms. The molecule has 1 fully saturated rings. The number of hydrogen-bond donors (Lipinski definition) is 4. The van der Waals surface area contributed by atoms with Gasteiger partial charge in [-0.25, -0.2) is 9.78 Å². The fourth-order valence-electron chi connectivity index (χ4n) is 8.45. The fraction of sp³-hybridized carbons (Fsp3) is 0.375. The van der Waals surface area contributed by atoms with Gasteiger partial charge in [0.05, 0.1) is 27.9 Å². The van der Waals surface area contributed by atoms with Crippen molar-refractivity contribution in [3.63, 3.8) is 0 Å². The van der Waals surface area contributed by atoms with E-state index in [0.29, 0.717) is 42.7 Å². The zero-order valence-electron chi connectivity index (χ0n) is 34.7. The van der Waals surface area contributed by atoms with Crippen molar-refractivity contribution in [2.75, 3.05) is 18.4 Å². The van der Waals surface area contributed by atoms with Crippen molar-refractivity contribution in [3.05, 3.63) is 93.2 Å². The molecule has 0 radical (unpaired) electrons. The molecule has 4 amide bonds. The first-order valence-corrected chi connectivity index (χ1v) is 22.3. The van der Waals surface area contributed by atoms with E-state index in [2.05, 4.69) is 39.2 Å². The van der Waals surface area contributed by atoms with Crippen LogP contribution < -0.4 is 27.0 Å². The Morgan fingerprint density at radius 1 is 0.934 bits per heavy atom. The number of imidazole rings is 1. The Hall–Kier alpha value is -6.26. The predicted octanol–water partition coefficient (Wildman–Crippen LogP) is 7.51. The van der Waals surface area contributed by atoms with Crippen molar-refractivity contribution in [2.45, 2.75) is 96.1 Å². The highest BCUT2D eigenvalue weighted by atomic mass is 32.1. The summed E-state index contributed by atoms with van der Waals surface area (Å²) in [6.45, 7) is 3.18. The highest BCUT2D eigenvalue weighted by Crippen LogP contribution is 2.41. The Morgan fingerprint density at radius 3 is 2.59 bits per heavy atom. The quantitative estimate of drug-likeness (QED) is 0.0503. The van der Waals surface area contributed by atoms with Crippen molar-refractivity contribution in [1.82, 2.24) is 30.1 Å². The lowest BCUT2D eigenvalue weighted by atomic mass is 10.0. The average Bonchev–Trinajstić information content (AvgIpc) is 3.70. The summed E-state index contributed by atoms with van der Waals surface area (Å²) in [6, 6.07) is 21.6. The maximum Gasteiger partial charge on any atom is 0.329 e. The lowest BCUT2D eigenvalue weighted by Crippen LogP contribution is -2.44. The number of fused-ring (bicyclic) bond motifs is 6. The van der Waals surface area contributed by atoms with Crippen LogP contribution in [0.5, 0.6) is 0 Å². The maximum atomic E-state index is 13.0. The monoisotopic (exact) mass is 837 g/mol. The van der Waals surface area contributed by atoms with Gasteiger partial charge in [-0.15, -0.1) is 11.3 Å². The summed E-state index contributed by atoms with van der Waals surface area (Å²) in [5, 5.41) is 14.0. The molecule has 6 aromatic rings. The van der Waals surface area contributed by atoms with Crippen molar-refractivity contribution in [2.24, 2.45) is 7.05 Å². The number of imide groups is 1. The van der Waals surface area contributed by atoms with Crippen LogP contribution in [0.1, 0.15) is 104 Å². The van der Waals surface area contributed by atoms with Gasteiger partial charge in [-0.05, 0) is 86.7 Å². The highest BCUT2D eigenvalue weighted by Gasteiger charge is 2.31. The van der Waals surface area contributed by atoms with Crippen molar-refractivity contribution in [1.29, 1.82) is 0 Å². The third-order valence-electron chi connectivity index (χ3n) is 11.7. The summed E-state index contributed by atoms with van der Waals surface area (Å²) in [5.41, 5.74) is 6.90. The number of thiophene rings is 1. The number of piperidine rings is 1. The number of aromatic nitrogens is 3. The Labute approximate surface area is 358 Å². The van der Waals surface area contributed by atoms with Gasteiger partial charge >= 0.3 is 5.69 Å². The van der Waals surface area contributed by atoms with E-state index in [4.69, 9.17) is 4.98 Å². The van der Waals surface area contributed by atoms with E-state index in [9.17, 15) is 24.0 Å². The minimum absolute atomic E-state index is 0.0385. The van der Waals surface area contributed by atoms with E-state index < -0.39 is 11.9 Å². The molecule has 3 aromatic carbocycles. The topological polar surface area (TPSA) is 156 Å². The molecule has 2 aliphatic rings.